The first-order valence-electron chi connectivity index (χ1n) is 9.10. The number of carbonyl (C=O) groups excluding carboxylic acids is 1. The molecule has 0 radical (unpaired) electrons. The van der Waals surface area contributed by atoms with Crippen LogP contribution in [0, 0.1) is 11.6 Å². The van der Waals surface area contributed by atoms with E-state index < -0.39 is 29.7 Å². The Morgan fingerprint density at radius 2 is 2.03 bits per heavy atom. The molecule has 1 saturated heterocycles. The topological polar surface area (TPSA) is 79.3 Å². The molecule has 7 nitrogen and oxygen atoms in total. The van der Waals surface area contributed by atoms with Crippen molar-refractivity contribution < 1.29 is 33.0 Å². The monoisotopic (exact) mass is 438 g/mol. The van der Waals surface area contributed by atoms with Crippen LogP contribution in [0.25, 0.3) is 11.1 Å². The van der Waals surface area contributed by atoms with Gasteiger partial charge in [0.1, 0.15) is 24.0 Å². The summed E-state index contributed by atoms with van der Waals surface area (Å²) in [5.74, 6) is -2.17. The van der Waals surface area contributed by atoms with Gasteiger partial charge in [0, 0.05) is 25.2 Å². The lowest BCUT2D eigenvalue weighted by molar-refractivity contribution is 0.0390. The highest BCUT2D eigenvalue weighted by atomic mass is 35.5. The summed E-state index contributed by atoms with van der Waals surface area (Å²) in [6.07, 6.45) is -1.10. The van der Waals surface area contributed by atoms with Crippen LogP contribution in [-0.2, 0) is 0 Å². The fraction of sp³-hybridized carbons (Fsp3) is 0.300. The summed E-state index contributed by atoms with van der Waals surface area (Å²) < 4.78 is 40.5. The Hall–Kier alpha value is -3.07. The van der Waals surface area contributed by atoms with Crippen LogP contribution in [0.15, 0.2) is 24.3 Å². The molecule has 2 aromatic rings. The second kappa shape index (κ2) is 7.64. The lowest BCUT2D eigenvalue weighted by atomic mass is 9.99. The Kier molecular flexibility index (Phi) is 5.15. The Labute approximate surface area is 175 Å². The Morgan fingerprint density at radius 1 is 1.27 bits per heavy atom. The summed E-state index contributed by atoms with van der Waals surface area (Å²) in [7, 11) is 1.32. The first-order chi connectivity index (χ1) is 14.3. The number of hydrogen-bond donors (Lipinski definition) is 1. The standard InChI is InChI=1S/C20H17ClF2N2O5/c1-29-14-4-2-3-12(22)15(14)16-13(23)7-11-18(17(16)21)30-9-10-8-24(20(27)28)5-6-25(10)19(11)26/h2-4,7,10H,5-6,8-9H2,1H3,(H,27,28)/t10-/m1/s1. The number of rotatable bonds is 2. The van der Waals surface area contributed by atoms with Crippen LogP contribution >= 0.6 is 11.6 Å². The van der Waals surface area contributed by atoms with Crippen LogP contribution in [0.4, 0.5) is 13.6 Å². The zero-order valence-electron chi connectivity index (χ0n) is 15.8. The van der Waals surface area contributed by atoms with Crippen LogP contribution in [0.5, 0.6) is 11.5 Å². The first kappa shape index (κ1) is 20.2. The van der Waals surface area contributed by atoms with Crippen molar-refractivity contribution in [2.75, 3.05) is 33.4 Å². The van der Waals surface area contributed by atoms with E-state index in [0.717, 1.165) is 12.1 Å². The molecule has 2 heterocycles. The molecule has 30 heavy (non-hydrogen) atoms. The van der Waals surface area contributed by atoms with Crippen molar-refractivity contribution in [3.63, 3.8) is 0 Å². The van der Waals surface area contributed by atoms with Gasteiger partial charge in [-0.05, 0) is 18.2 Å². The minimum atomic E-state index is -1.10. The molecule has 4 rings (SSSR count). The summed E-state index contributed by atoms with van der Waals surface area (Å²) in [5, 5.41) is 8.97. The molecule has 0 aromatic heterocycles. The normalized spacial score (nSPS) is 18.3. The zero-order chi connectivity index (χ0) is 21.6. The molecule has 0 unspecified atom stereocenters. The lowest BCUT2D eigenvalue weighted by Gasteiger charge is -2.38. The number of fused-ring (bicyclic) bond motifs is 2. The van der Waals surface area contributed by atoms with Crippen LogP contribution < -0.4 is 9.47 Å². The molecule has 2 aliphatic rings. The molecule has 158 valence electrons. The van der Waals surface area contributed by atoms with Gasteiger partial charge in [-0.25, -0.2) is 13.6 Å². The van der Waals surface area contributed by atoms with E-state index in [1.165, 1.54) is 29.0 Å². The van der Waals surface area contributed by atoms with E-state index in [4.69, 9.17) is 21.1 Å². The van der Waals surface area contributed by atoms with Crippen molar-refractivity contribution in [2.45, 2.75) is 6.04 Å². The predicted octanol–water partition coefficient (Wildman–Crippen LogP) is 3.49. The number of carboxylic acid groups (broad SMARTS) is 1. The second-order valence-electron chi connectivity index (χ2n) is 6.93. The smallest absolute Gasteiger partial charge is 0.407 e. The second-order valence-corrected chi connectivity index (χ2v) is 7.31. The summed E-state index contributed by atoms with van der Waals surface area (Å²) >= 11 is 6.42. The molecule has 2 amide bonds. The highest BCUT2D eigenvalue weighted by Crippen LogP contribution is 2.45. The molecule has 1 atom stereocenters. The van der Waals surface area contributed by atoms with Crippen LogP contribution in [0.1, 0.15) is 10.4 Å². The van der Waals surface area contributed by atoms with Crippen LogP contribution in [-0.4, -0.2) is 66.3 Å². The molecule has 10 heteroatoms. The van der Waals surface area contributed by atoms with Gasteiger partial charge in [0.2, 0.25) is 0 Å². The number of piperazine rings is 1. The number of carbonyl (C=O) groups is 2. The van der Waals surface area contributed by atoms with E-state index >= 15 is 4.39 Å². The third kappa shape index (κ3) is 3.19. The van der Waals surface area contributed by atoms with Crippen molar-refractivity contribution >= 4 is 23.6 Å². The number of amides is 2. The predicted molar refractivity (Wildman–Crippen MR) is 103 cm³/mol. The van der Waals surface area contributed by atoms with Gasteiger partial charge in [0.05, 0.1) is 29.3 Å². The molecular formula is C20H17ClF2N2O5. The van der Waals surface area contributed by atoms with Gasteiger partial charge in [-0.15, -0.1) is 0 Å². The number of nitrogens with zero attached hydrogens (tertiary/aromatic N) is 2. The fourth-order valence-electron chi connectivity index (χ4n) is 3.82. The first-order valence-corrected chi connectivity index (χ1v) is 9.47. The van der Waals surface area contributed by atoms with Gasteiger partial charge in [-0.3, -0.25) is 4.79 Å². The van der Waals surface area contributed by atoms with Crippen molar-refractivity contribution in [3.8, 4) is 22.6 Å². The van der Waals surface area contributed by atoms with Crippen molar-refractivity contribution in [3.05, 3.63) is 46.5 Å². The number of hydrogen-bond acceptors (Lipinski definition) is 4. The Morgan fingerprint density at radius 3 is 2.73 bits per heavy atom. The fourth-order valence-corrected chi connectivity index (χ4v) is 4.16. The van der Waals surface area contributed by atoms with E-state index in [1.54, 1.807) is 0 Å². The molecular weight excluding hydrogens is 422 g/mol. The zero-order valence-corrected chi connectivity index (χ0v) is 16.6. The van der Waals surface area contributed by atoms with Gasteiger partial charge in [0.15, 0.2) is 5.75 Å². The van der Waals surface area contributed by atoms with Gasteiger partial charge in [-0.1, -0.05) is 17.7 Å². The van der Waals surface area contributed by atoms with Crippen LogP contribution in [0.3, 0.4) is 0 Å². The van der Waals surface area contributed by atoms with Crippen LogP contribution in [0.2, 0.25) is 5.02 Å². The van der Waals surface area contributed by atoms with E-state index in [9.17, 15) is 19.1 Å². The van der Waals surface area contributed by atoms with Crippen molar-refractivity contribution in [1.29, 1.82) is 0 Å². The summed E-state index contributed by atoms with van der Waals surface area (Å²) in [4.78, 5) is 27.0. The Bertz CT molecular complexity index is 1050. The van der Waals surface area contributed by atoms with Gasteiger partial charge in [0.25, 0.3) is 5.91 Å². The van der Waals surface area contributed by atoms with E-state index in [-0.39, 0.29) is 59.5 Å². The Balaban J connectivity index is 1.81. The summed E-state index contributed by atoms with van der Waals surface area (Å²) in [6.45, 7) is 0.291. The highest BCUT2D eigenvalue weighted by Gasteiger charge is 2.38. The van der Waals surface area contributed by atoms with E-state index in [2.05, 4.69) is 0 Å². The van der Waals surface area contributed by atoms with Crippen molar-refractivity contribution in [1.82, 2.24) is 9.80 Å². The average molecular weight is 439 g/mol. The summed E-state index contributed by atoms with van der Waals surface area (Å²) in [6, 6.07) is 4.44. The maximum absolute atomic E-state index is 15.1. The average Bonchev–Trinajstić information content (AvgIpc) is 2.86. The SMILES string of the molecule is COc1cccc(F)c1-c1c(F)cc2c(c1Cl)OC[C@H]1CN(C(=O)O)CCN1C2=O. The molecule has 2 aromatic carbocycles. The molecule has 0 spiro atoms. The van der Waals surface area contributed by atoms with Gasteiger partial charge in [-0.2, -0.15) is 0 Å². The number of benzene rings is 2. The highest BCUT2D eigenvalue weighted by molar-refractivity contribution is 6.35. The molecule has 0 bridgehead atoms. The molecule has 1 N–H and O–H groups in total. The maximum atomic E-state index is 15.1. The molecule has 0 saturated carbocycles. The number of halogens is 3. The van der Waals surface area contributed by atoms with E-state index in [1.807, 2.05) is 0 Å². The summed E-state index contributed by atoms with van der Waals surface area (Å²) in [5.41, 5.74) is -0.548. The third-order valence-electron chi connectivity index (χ3n) is 5.28. The quantitative estimate of drug-likeness (QED) is 0.776. The van der Waals surface area contributed by atoms with E-state index in [0.29, 0.717) is 0 Å². The van der Waals surface area contributed by atoms with Gasteiger partial charge < -0.3 is 24.4 Å². The largest absolute Gasteiger partial charge is 0.496 e. The number of methoxy groups -OCH3 is 1. The van der Waals surface area contributed by atoms with Gasteiger partial charge >= 0.3 is 6.09 Å². The lowest BCUT2D eigenvalue weighted by Crippen LogP contribution is -2.57. The maximum Gasteiger partial charge on any atom is 0.407 e. The molecule has 1 fully saturated rings. The third-order valence-corrected chi connectivity index (χ3v) is 5.64. The molecule has 2 aliphatic heterocycles. The minimum Gasteiger partial charge on any atom is -0.496 e. The molecule has 0 aliphatic carbocycles. The van der Waals surface area contributed by atoms with Crippen molar-refractivity contribution in [2.24, 2.45) is 0 Å². The number of ether oxygens (including phenoxy) is 2. The minimum absolute atomic E-state index is 0.0400.